The number of aryl methyl sites for hydroxylation is 2. The summed E-state index contributed by atoms with van der Waals surface area (Å²) in [5.74, 6) is 0.909. The summed E-state index contributed by atoms with van der Waals surface area (Å²) in [6.45, 7) is 2.77. The molecule has 1 unspecified atom stereocenters. The van der Waals surface area contributed by atoms with Crippen LogP contribution in [0.3, 0.4) is 0 Å². The highest BCUT2D eigenvalue weighted by Crippen LogP contribution is 2.11. The van der Waals surface area contributed by atoms with Gasteiger partial charge in [0.1, 0.15) is 12.4 Å². The SMILES string of the molecule is CCc1cc(CC(COc2ccccc2)NC)n(C)n1. The molecule has 1 N–H and O–H groups in total. The molecule has 0 aliphatic rings. The van der Waals surface area contributed by atoms with Gasteiger partial charge in [-0.3, -0.25) is 4.68 Å². The van der Waals surface area contributed by atoms with Crippen molar-refractivity contribution < 1.29 is 4.74 Å². The molecule has 2 aromatic rings. The lowest BCUT2D eigenvalue weighted by Gasteiger charge is -2.17. The Bertz CT molecular complexity index is 522. The van der Waals surface area contributed by atoms with Gasteiger partial charge in [0.25, 0.3) is 0 Å². The minimum absolute atomic E-state index is 0.273. The third-order valence-corrected chi connectivity index (χ3v) is 3.45. The van der Waals surface area contributed by atoms with Crippen LogP contribution >= 0.6 is 0 Å². The molecule has 0 amide bonds. The average molecular weight is 273 g/mol. The van der Waals surface area contributed by atoms with E-state index in [4.69, 9.17) is 4.74 Å². The number of benzene rings is 1. The van der Waals surface area contributed by atoms with Gasteiger partial charge >= 0.3 is 0 Å². The molecule has 4 heteroatoms. The van der Waals surface area contributed by atoms with E-state index in [9.17, 15) is 0 Å². The third kappa shape index (κ3) is 3.84. The van der Waals surface area contributed by atoms with Gasteiger partial charge < -0.3 is 10.1 Å². The molecule has 1 aromatic heterocycles. The first-order valence-electron chi connectivity index (χ1n) is 7.09. The molecule has 0 fully saturated rings. The Labute approximate surface area is 120 Å². The van der Waals surface area contributed by atoms with Crippen molar-refractivity contribution in [3.05, 3.63) is 47.8 Å². The fourth-order valence-electron chi connectivity index (χ4n) is 2.15. The van der Waals surface area contributed by atoms with Crippen LogP contribution in [0.5, 0.6) is 5.75 Å². The minimum atomic E-state index is 0.273. The molecular weight excluding hydrogens is 250 g/mol. The van der Waals surface area contributed by atoms with Crippen LogP contribution in [0, 0.1) is 0 Å². The first-order chi connectivity index (χ1) is 9.72. The Morgan fingerprint density at radius 2 is 2.05 bits per heavy atom. The molecule has 1 heterocycles. The van der Waals surface area contributed by atoms with Crippen molar-refractivity contribution in [3.63, 3.8) is 0 Å². The first-order valence-corrected chi connectivity index (χ1v) is 7.09. The summed E-state index contributed by atoms with van der Waals surface area (Å²) >= 11 is 0. The molecule has 0 radical (unpaired) electrons. The zero-order chi connectivity index (χ0) is 14.4. The average Bonchev–Trinajstić information content (AvgIpc) is 2.84. The fourth-order valence-corrected chi connectivity index (χ4v) is 2.15. The molecular formula is C16H23N3O. The summed E-state index contributed by atoms with van der Waals surface area (Å²) in [7, 11) is 3.97. The lowest BCUT2D eigenvalue weighted by atomic mass is 10.1. The predicted molar refractivity (Wildman–Crippen MR) is 81.1 cm³/mol. The van der Waals surface area contributed by atoms with Gasteiger partial charge in [-0.05, 0) is 31.7 Å². The second kappa shape index (κ2) is 7.10. The second-order valence-electron chi connectivity index (χ2n) is 4.92. The number of nitrogens with one attached hydrogen (secondary N) is 1. The van der Waals surface area contributed by atoms with Gasteiger partial charge in [-0.25, -0.2) is 0 Å². The standard InChI is InChI=1S/C16H23N3O/c1-4-13-10-15(19(3)18-13)11-14(17-2)12-20-16-8-6-5-7-9-16/h5-10,14,17H,4,11-12H2,1-3H3. The Morgan fingerprint density at radius 3 is 2.65 bits per heavy atom. The van der Waals surface area contributed by atoms with Crippen molar-refractivity contribution in [1.29, 1.82) is 0 Å². The summed E-state index contributed by atoms with van der Waals surface area (Å²) in [5, 5.41) is 7.79. The molecule has 4 nitrogen and oxygen atoms in total. The molecule has 0 aliphatic heterocycles. The van der Waals surface area contributed by atoms with Crippen molar-refractivity contribution in [2.75, 3.05) is 13.7 Å². The van der Waals surface area contributed by atoms with Crippen molar-refractivity contribution in [1.82, 2.24) is 15.1 Å². The van der Waals surface area contributed by atoms with Crippen LogP contribution in [0.2, 0.25) is 0 Å². The van der Waals surface area contributed by atoms with E-state index in [1.165, 1.54) is 5.69 Å². The molecule has 0 bridgehead atoms. The lowest BCUT2D eigenvalue weighted by Crippen LogP contribution is -2.34. The van der Waals surface area contributed by atoms with Crippen LogP contribution < -0.4 is 10.1 Å². The number of ether oxygens (including phenoxy) is 1. The quantitative estimate of drug-likeness (QED) is 0.840. The number of hydrogen-bond acceptors (Lipinski definition) is 3. The van der Waals surface area contributed by atoms with Gasteiger partial charge in [0.05, 0.1) is 5.69 Å². The highest BCUT2D eigenvalue weighted by molar-refractivity contribution is 5.21. The van der Waals surface area contributed by atoms with E-state index in [0.29, 0.717) is 6.61 Å². The molecule has 1 aromatic carbocycles. The van der Waals surface area contributed by atoms with Crippen LogP contribution in [-0.2, 0) is 19.9 Å². The van der Waals surface area contributed by atoms with Crippen LogP contribution in [0.25, 0.3) is 0 Å². The molecule has 1 atom stereocenters. The van der Waals surface area contributed by atoms with E-state index in [-0.39, 0.29) is 6.04 Å². The summed E-state index contributed by atoms with van der Waals surface area (Å²) in [6.07, 6.45) is 1.88. The lowest BCUT2D eigenvalue weighted by molar-refractivity contribution is 0.268. The Kier molecular flexibility index (Phi) is 5.18. The number of rotatable bonds is 7. The molecule has 0 spiro atoms. The highest BCUT2D eigenvalue weighted by Gasteiger charge is 2.12. The van der Waals surface area contributed by atoms with E-state index in [2.05, 4.69) is 23.4 Å². The van der Waals surface area contributed by atoms with Crippen LogP contribution in [-0.4, -0.2) is 29.5 Å². The predicted octanol–water partition coefficient (Wildman–Crippen LogP) is 2.19. The summed E-state index contributed by atoms with van der Waals surface area (Å²) in [4.78, 5) is 0. The summed E-state index contributed by atoms with van der Waals surface area (Å²) in [5.41, 5.74) is 2.37. The van der Waals surface area contributed by atoms with Crippen LogP contribution in [0.1, 0.15) is 18.3 Å². The number of nitrogens with zero attached hydrogens (tertiary/aromatic N) is 2. The highest BCUT2D eigenvalue weighted by atomic mass is 16.5. The maximum atomic E-state index is 5.81. The van der Waals surface area contributed by atoms with Gasteiger partial charge in [0, 0.05) is 25.2 Å². The van der Waals surface area contributed by atoms with Gasteiger partial charge in [-0.1, -0.05) is 25.1 Å². The topological polar surface area (TPSA) is 39.1 Å². The largest absolute Gasteiger partial charge is 0.492 e. The number of para-hydroxylation sites is 1. The van der Waals surface area contributed by atoms with Crippen molar-refractivity contribution in [3.8, 4) is 5.75 Å². The smallest absolute Gasteiger partial charge is 0.119 e. The van der Waals surface area contributed by atoms with Crippen LogP contribution in [0.15, 0.2) is 36.4 Å². The zero-order valence-electron chi connectivity index (χ0n) is 12.5. The molecule has 0 saturated heterocycles. The van der Waals surface area contributed by atoms with E-state index >= 15 is 0 Å². The number of aromatic nitrogens is 2. The fraction of sp³-hybridized carbons (Fsp3) is 0.438. The van der Waals surface area contributed by atoms with E-state index in [1.54, 1.807) is 0 Å². The Morgan fingerprint density at radius 1 is 1.30 bits per heavy atom. The molecule has 20 heavy (non-hydrogen) atoms. The molecule has 0 aliphatic carbocycles. The van der Waals surface area contributed by atoms with E-state index in [0.717, 1.165) is 24.3 Å². The van der Waals surface area contributed by atoms with Crippen molar-refractivity contribution in [2.24, 2.45) is 7.05 Å². The maximum absolute atomic E-state index is 5.81. The Hall–Kier alpha value is -1.81. The zero-order valence-corrected chi connectivity index (χ0v) is 12.5. The summed E-state index contributed by atoms with van der Waals surface area (Å²) in [6, 6.07) is 12.4. The minimum Gasteiger partial charge on any atom is -0.492 e. The van der Waals surface area contributed by atoms with Crippen LogP contribution in [0.4, 0.5) is 0 Å². The normalized spacial score (nSPS) is 12.3. The number of hydrogen-bond donors (Lipinski definition) is 1. The van der Waals surface area contributed by atoms with Gasteiger partial charge in [0.15, 0.2) is 0 Å². The van der Waals surface area contributed by atoms with E-state index in [1.807, 2.05) is 49.1 Å². The van der Waals surface area contributed by atoms with Gasteiger partial charge in [-0.2, -0.15) is 5.10 Å². The van der Waals surface area contributed by atoms with E-state index < -0.39 is 0 Å². The molecule has 108 valence electrons. The summed E-state index contributed by atoms with van der Waals surface area (Å²) < 4.78 is 7.78. The van der Waals surface area contributed by atoms with Crippen molar-refractivity contribution >= 4 is 0 Å². The Balaban J connectivity index is 1.93. The maximum Gasteiger partial charge on any atom is 0.119 e. The third-order valence-electron chi connectivity index (χ3n) is 3.45. The van der Waals surface area contributed by atoms with Gasteiger partial charge in [0.2, 0.25) is 0 Å². The van der Waals surface area contributed by atoms with Crippen molar-refractivity contribution in [2.45, 2.75) is 25.8 Å². The monoisotopic (exact) mass is 273 g/mol. The first kappa shape index (κ1) is 14.6. The molecule has 2 rings (SSSR count). The second-order valence-corrected chi connectivity index (χ2v) is 4.92. The van der Waals surface area contributed by atoms with Gasteiger partial charge in [-0.15, -0.1) is 0 Å². The number of likely N-dealkylation sites (N-methyl/N-ethyl adjacent to an activating group) is 1. The molecule has 0 saturated carbocycles.